The molecular formula is C14H16BrNO4. The number of halogens is 1. The van der Waals surface area contributed by atoms with E-state index in [1.165, 1.54) is 12.1 Å². The molecular weight excluding hydrogens is 326 g/mol. The van der Waals surface area contributed by atoms with E-state index in [1.54, 1.807) is 6.07 Å². The van der Waals surface area contributed by atoms with E-state index in [1.807, 2.05) is 6.92 Å². The van der Waals surface area contributed by atoms with Gasteiger partial charge in [-0.3, -0.25) is 4.79 Å². The Morgan fingerprint density at radius 3 is 2.90 bits per heavy atom. The van der Waals surface area contributed by atoms with E-state index >= 15 is 0 Å². The van der Waals surface area contributed by atoms with Crippen molar-refractivity contribution in [2.45, 2.75) is 25.9 Å². The Balaban J connectivity index is 2.15. The number of hydrogen-bond acceptors (Lipinski definition) is 3. The maximum absolute atomic E-state index is 12.3. The molecule has 5 nitrogen and oxygen atoms in total. The van der Waals surface area contributed by atoms with Crippen molar-refractivity contribution in [3.8, 4) is 0 Å². The van der Waals surface area contributed by atoms with Gasteiger partial charge in [-0.05, 0) is 47.0 Å². The zero-order valence-electron chi connectivity index (χ0n) is 11.1. The number of aromatic carboxylic acids is 1. The molecule has 2 atom stereocenters. The van der Waals surface area contributed by atoms with Crippen LogP contribution in [0.5, 0.6) is 0 Å². The van der Waals surface area contributed by atoms with Gasteiger partial charge in [0.05, 0.1) is 23.3 Å². The second-order valence-corrected chi connectivity index (χ2v) is 5.56. The van der Waals surface area contributed by atoms with Crippen LogP contribution < -0.4 is 5.32 Å². The van der Waals surface area contributed by atoms with Crippen molar-refractivity contribution < 1.29 is 19.4 Å². The van der Waals surface area contributed by atoms with Gasteiger partial charge in [0.25, 0.3) is 0 Å². The number of amides is 1. The number of ether oxygens (including phenoxy) is 1. The fourth-order valence-corrected chi connectivity index (χ4v) is 2.68. The molecule has 0 radical (unpaired) electrons. The van der Waals surface area contributed by atoms with Crippen molar-refractivity contribution in [2.24, 2.45) is 5.92 Å². The lowest BCUT2D eigenvalue weighted by Gasteiger charge is -2.17. The van der Waals surface area contributed by atoms with E-state index in [4.69, 9.17) is 9.84 Å². The normalized spacial score (nSPS) is 21.7. The summed E-state index contributed by atoms with van der Waals surface area (Å²) < 4.78 is 6.15. The Morgan fingerprint density at radius 2 is 2.25 bits per heavy atom. The number of carboxylic acids is 1. The third-order valence-electron chi connectivity index (χ3n) is 3.42. The fourth-order valence-electron chi connectivity index (χ4n) is 2.33. The Labute approximate surface area is 125 Å². The highest BCUT2D eigenvalue weighted by atomic mass is 79.9. The predicted molar refractivity (Wildman–Crippen MR) is 77.9 cm³/mol. The average molecular weight is 342 g/mol. The number of benzene rings is 1. The number of carbonyl (C=O) groups is 2. The maximum atomic E-state index is 12.3. The molecule has 0 aliphatic carbocycles. The number of hydrogen-bond donors (Lipinski definition) is 2. The van der Waals surface area contributed by atoms with Gasteiger partial charge in [0.1, 0.15) is 0 Å². The minimum absolute atomic E-state index is 0.0589. The molecule has 1 saturated heterocycles. The van der Waals surface area contributed by atoms with Crippen LogP contribution in [-0.4, -0.2) is 29.7 Å². The molecule has 6 heteroatoms. The van der Waals surface area contributed by atoms with E-state index in [0.717, 1.165) is 6.42 Å². The Kier molecular flexibility index (Phi) is 4.77. The highest BCUT2D eigenvalue weighted by Crippen LogP contribution is 2.28. The van der Waals surface area contributed by atoms with Gasteiger partial charge in [-0.15, -0.1) is 0 Å². The number of rotatable bonds is 4. The molecule has 0 aromatic heterocycles. The summed E-state index contributed by atoms with van der Waals surface area (Å²) in [5.41, 5.74) is 0.606. The molecule has 108 valence electrons. The summed E-state index contributed by atoms with van der Waals surface area (Å²) in [5, 5.41) is 11.8. The molecule has 1 aliphatic rings. The van der Waals surface area contributed by atoms with Crippen LogP contribution in [0.2, 0.25) is 0 Å². The van der Waals surface area contributed by atoms with Crippen LogP contribution in [0.15, 0.2) is 22.7 Å². The lowest BCUT2D eigenvalue weighted by Crippen LogP contribution is -2.29. The van der Waals surface area contributed by atoms with Gasteiger partial charge in [-0.1, -0.05) is 6.92 Å². The highest BCUT2D eigenvalue weighted by molar-refractivity contribution is 9.10. The summed E-state index contributed by atoms with van der Waals surface area (Å²) in [7, 11) is 0. The highest BCUT2D eigenvalue weighted by Gasteiger charge is 2.33. The van der Waals surface area contributed by atoms with Gasteiger partial charge in [-0.2, -0.15) is 0 Å². The number of carbonyl (C=O) groups excluding carboxylic acids is 1. The second kappa shape index (κ2) is 6.37. The molecule has 1 heterocycles. The maximum Gasteiger partial charge on any atom is 0.335 e. The summed E-state index contributed by atoms with van der Waals surface area (Å²) in [5.74, 6) is -1.33. The third-order valence-corrected chi connectivity index (χ3v) is 4.11. The molecule has 1 aromatic rings. The molecule has 1 aliphatic heterocycles. The van der Waals surface area contributed by atoms with Crippen molar-refractivity contribution in [1.82, 2.24) is 0 Å². The van der Waals surface area contributed by atoms with Gasteiger partial charge in [0.15, 0.2) is 0 Å². The van der Waals surface area contributed by atoms with Crippen LogP contribution in [0.3, 0.4) is 0 Å². The van der Waals surface area contributed by atoms with E-state index in [-0.39, 0.29) is 23.5 Å². The van der Waals surface area contributed by atoms with E-state index < -0.39 is 5.97 Å². The Morgan fingerprint density at radius 1 is 1.50 bits per heavy atom. The van der Waals surface area contributed by atoms with E-state index in [2.05, 4.69) is 21.2 Å². The minimum atomic E-state index is -1.02. The van der Waals surface area contributed by atoms with Crippen LogP contribution >= 0.6 is 15.9 Å². The summed E-state index contributed by atoms with van der Waals surface area (Å²) in [6.07, 6.45) is 1.42. The van der Waals surface area contributed by atoms with Gasteiger partial charge in [0, 0.05) is 11.1 Å². The zero-order valence-corrected chi connectivity index (χ0v) is 12.6. The monoisotopic (exact) mass is 341 g/mol. The minimum Gasteiger partial charge on any atom is -0.478 e. The first-order chi connectivity index (χ1) is 9.52. The SMILES string of the molecule is CCC1OCCC1C(=O)Nc1cc(C(=O)O)ccc1Br. The quantitative estimate of drug-likeness (QED) is 0.882. The first-order valence-corrected chi connectivity index (χ1v) is 7.27. The van der Waals surface area contributed by atoms with Gasteiger partial charge in [0.2, 0.25) is 5.91 Å². The molecule has 2 unspecified atom stereocenters. The molecule has 2 rings (SSSR count). The summed E-state index contributed by atoms with van der Waals surface area (Å²) >= 11 is 3.31. The van der Waals surface area contributed by atoms with Crippen LogP contribution in [0.1, 0.15) is 30.1 Å². The van der Waals surface area contributed by atoms with Crippen molar-refractivity contribution in [3.63, 3.8) is 0 Å². The number of nitrogens with one attached hydrogen (secondary N) is 1. The van der Waals surface area contributed by atoms with Crippen molar-refractivity contribution in [1.29, 1.82) is 0 Å². The number of carboxylic acid groups (broad SMARTS) is 1. The fraction of sp³-hybridized carbons (Fsp3) is 0.429. The van der Waals surface area contributed by atoms with E-state index in [9.17, 15) is 9.59 Å². The van der Waals surface area contributed by atoms with Crippen molar-refractivity contribution >= 4 is 33.5 Å². The molecule has 20 heavy (non-hydrogen) atoms. The van der Waals surface area contributed by atoms with Gasteiger partial charge < -0.3 is 15.2 Å². The largest absolute Gasteiger partial charge is 0.478 e. The summed E-state index contributed by atoms with van der Waals surface area (Å²) in [4.78, 5) is 23.2. The smallest absolute Gasteiger partial charge is 0.335 e. The van der Waals surface area contributed by atoms with Crippen molar-refractivity contribution in [2.75, 3.05) is 11.9 Å². The molecule has 2 N–H and O–H groups in total. The molecule has 0 spiro atoms. The molecule has 1 aromatic carbocycles. The number of anilines is 1. The molecule has 0 saturated carbocycles. The van der Waals surface area contributed by atoms with Crippen LogP contribution in [0, 0.1) is 5.92 Å². The van der Waals surface area contributed by atoms with Gasteiger partial charge >= 0.3 is 5.97 Å². The summed E-state index contributed by atoms with van der Waals surface area (Å²) in [6, 6.07) is 4.54. The van der Waals surface area contributed by atoms with Crippen LogP contribution in [0.4, 0.5) is 5.69 Å². The van der Waals surface area contributed by atoms with Crippen LogP contribution in [0.25, 0.3) is 0 Å². The zero-order chi connectivity index (χ0) is 14.7. The molecule has 1 fully saturated rings. The molecule has 0 bridgehead atoms. The van der Waals surface area contributed by atoms with Crippen LogP contribution in [-0.2, 0) is 9.53 Å². The second-order valence-electron chi connectivity index (χ2n) is 4.70. The Bertz CT molecular complexity index is 532. The lowest BCUT2D eigenvalue weighted by molar-refractivity contribution is -0.121. The summed E-state index contributed by atoms with van der Waals surface area (Å²) in [6.45, 7) is 2.57. The Hall–Kier alpha value is -1.40. The first-order valence-electron chi connectivity index (χ1n) is 6.48. The third kappa shape index (κ3) is 3.19. The standard InChI is InChI=1S/C14H16BrNO4/c1-2-12-9(5-6-20-12)13(17)16-11-7-8(14(18)19)3-4-10(11)15/h3-4,7,9,12H,2,5-6H2,1H3,(H,16,17)(H,18,19). The molecule has 1 amide bonds. The lowest BCUT2D eigenvalue weighted by atomic mass is 9.98. The van der Waals surface area contributed by atoms with Gasteiger partial charge in [-0.25, -0.2) is 4.79 Å². The van der Waals surface area contributed by atoms with E-state index in [0.29, 0.717) is 23.2 Å². The average Bonchev–Trinajstić information content (AvgIpc) is 2.89. The first kappa shape index (κ1) is 15.0. The predicted octanol–water partition coefficient (Wildman–Crippen LogP) is 2.90. The topological polar surface area (TPSA) is 75.6 Å². The van der Waals surface area contributed by atoms with Crippen molar-refractivity contribution in [3.05, 3.63) is 28.2 Å².